The van der Waals surface area contributed by atoms with Crippen molar-refractivity contribution in [3.8, 4) is 5.75 Å². The fourth-order valence-corrected chi connectivity index (χ4v) is 11.2. The van der Waals surface area contributed by atoms with Gasteiger partial charge in [0, 0.05) is 17.5 Å². The summed E-state index contributed by atoms with van der Waals surface area (Å²) in [6.07, 6.45) is 4.24. The first-order valence-electron chi connectivity index (χ1n) is 15.6. The molecule has 1 heterocycles. The van der Waals surface area contributed by atoms with Crippen molar-refractivity contribution in [1.82, 2.24) is 4.90 Å². The molecule has 4 fully saturated rings. The van der Waals surface area contributed by atoms with E-state index in [9.17, 15) is 27.5 Å². The van der Waals surface area contributed by atoms with Crippen LogP contribution in [0.15, 0.2) is 71.6 Å². The highest BCUT2D eigenvalue weighted by atomic mass is 35.5. The van der Waals surface area contributed by atoms with Crippen LogP contribution in [0.5, 0.6) is 5.75 Å². The normalized spacial score (nSPS) is 28.8. The predicted octanol–water partition coefficient (Wildman–Crippen LogP) is 6.70. The first-order valence-corrected chi connectivity index (χ1v) is 17.4. The van der Waals surface area contributed by atoms with E-state index in [0.717, 1.165) is 5.56 Å². The highest BCUT2D eigenvalue weighted by Gasteiger charge is 2.64. The molecule has 0 unspecified atom stereocenters. The lowest BCUT2D eigenvalue weighted by molar-refractivity contribution is -0.167. The minimum atomic E-state index is -3.97. The minimum Gasteiger partial charge on any atom is -0.489 e. The molecule has 0 spiro atoms. The molecule has 4 aliphatic carbocycles. The van der Waals surface area contributed by atoms with Crippen LogP contribution in [0.2, 0.25) is 5.02 Å². The molecule has 1 aliphatic heterocycles. The van der Waals surface area contributed by atoms with Crippen LogP contribution in [-0.2, 0) is 37.2 Å². The van der Waals surface area contributed by atoms with E-state index in [1.165, 1.54) is 12.1 Å². The van der Waals surface area contributed by atoms with Crippen molar-refractivity contribution >= 4 is 33.3 Å². The summed E-state index contributed by atoms with van der Waals surface area (Å²) in [5.74, 6) is -0.783. The minimum absolute atomic E-state index is 0.0264. The van der Waals surface area contributed by atoms with Gasteiger partial charge in [-0.25, -0.2) is 12.8 Å². The van der Waals surface area contributed by atoms with Gasteiger partial charge in [0.1, 0.15) is 22.9 Å². The molecule has 3 aromatic carbocycles. The van der Waals surface area contributed by atoms with Gasteiger partial charge in [0.15, 0.2) is 9.84 Å². The topological polar surface area (TPSA) is 101 Å². The number of carbonyl (C=O) groups excluding carboxylic acids is 1. The van der Waals surface area contributed by atoms with E-state index < -0.39 is 43.2 Å². The van der Waals surface area contributed by atoms with E-state index in [1.807, 2.05) is 11.0 Å². The number of fused-ring (bicyclic) bond motifs is 6. The average molecular weight is 652 g/mol. The SMILES string of the molecule is O=C(O)C12CCC(C(=O)N3CC[C@@]4(S(=O)(=O)c5ccccc5)c5ccc(OCc6c(F)cccc6Cl)cc5CC[C@@H]34)(CC1)CC2. The van der Waals surface area contributed by atoms with Crippen molar-refractivity contribution < 1.29 is 32.2 Å². The summed E-state index contributed by atoms with van der Waals surface area (Å²) in [6.45, 7) is 0.235. The summed E-state index contributed by atoms with van der Waals surface area (Å²) >= 11 is 6.19. The zero-order chi connectivity index (χ0) is 31.6. The number of aliphatic carboxylic acids is 1. The number of sulfone groups is 1. The van der Waals surface area contributed by atoms with Gasteiger partial charge < -0.3 is 14.7 Å². The zero-order valence-electron chi connectivity index (χ0n) is 24.8. The third-order valence-corrected chi connectivity index (χ3v) is 14.2. The molecule has 1 saturated heterocycles. The molecule has 0 aromatic heterocycles. The van der Waals surface area contributed by atoms with E-state index >= 15 is 0 Å². The number of amides is 1. The number of carboxylic acid groups (broad SMARTS) is 1. The van der Waals surface area contributed by atoms with Crippen molar-refractivity contribution in [3.63, 3.8) is 0 Å². The van der Waals surface area contributed by atoms with Crippen LogP contribution in [0, 0.1) is 16.6 Å². The molecule has 3 saturated carbocycles. The Bertz CT molecular complexity index is 1750. The Balaban J connectivity index is 1.24. The standard InChI is InChI=1S/C35H35ClFNO6S/c36-28-7-4-8-29(37)26(28)22-44-24-10-11-27-23(21-24)9-12-30-35(27,45(42,43)25-5-2-1-3-6-25)19-20-38(30)31(39)33-13-16-34(17-14-33,18-15-33)32(40)41/h1-8,10-11,21,30H,9,12-20,22H2,(H,40,41)/t30-,33?,34?,35-/m1/s1. The molecule has 2 atom stereocenters. The molecule has 45 heavy (non-hydrogen) atoms. The van der Waals surface area contributed by atoms with Crippen LogP contribution in [0.3, 0.4) is 0 Å². The van der Waals surface area contributed by atoms with Gasteiger partial charge in [0.25, 0.3) is 0 Å². The second-order valence-electron chi connectivity index (χ2n) is 13.2. The Morgan fingerprint density at radius 2 is 1.62 bits per heavy atom. The van der Waals surface area contributed by atoms with E-state index in [-0.39, 0.29) is 34.4 Å². The van der Waals surface area contributed by atoms with Crippen molar-refractivity contribution in [2.45, 2.75) is 80.1 Å². The van der Waals surface area contributed by atoms with E-state index in [4.69, 9.17) is 16.3 Å². The summed E-state index contributed by atoms with van der Waals surface area (Å²) in [6, 6.07) is 17.7. The van der Waals surface area contributed by atoms with E-state index in [0.29, 0.717) is 69.2 Å². The smallest absolute Gasteiger partial charge is 0.309 e. The van der Waals surface area contributed by atoms with Crippen molar-refractivity contribution in [1.29, 1.82) is 0 Å². The Kier molecular flexibility index (Phi) is 7.28. The number of halogens is 2. The van der Waals surface area contributed by atoms with Crippen LogP contribution in [0.25, 0.3) is 0 Å². The molecule has 1 N–H and O–H groups in total. The molecule has 2 bridgehead atoms. The number of rotatable bonds is 7. The lowest BCUT2D eigenvalue weighted by atomic mass is 9.53. The van der Waals surface area contributed by atoms with Crippen molar-refractivity contribution in [2.75, 3.05) is 6.54 Å². The molecule has 0 radical (unpaired) electrons. The Morgan fingerprint density at radius 1 is 0.933 bits per heavy atom. The van der Waals surface area contributed by atoms with Crippen molar-refractivity contribution in [2.24, 2.45) is 10.8 Å². The van der Waals surface area contributed by atoms with Crippen LogP contribution >= 0.6 is 11.6 Å². The molecule has 236 valence electrons. The molecule has 3 aromatic rings. The summed E-state index contributed by atoms with van der Waals surface area (Å²) in [5, 5.41) is 10.1. The lowest BCUT2D eigenvalue weighted by Crippen LogP contribution is -2.57. The lowest BCUT2D eigenvalue weighted by Gasteiger charge is -2.52. The van der Waals surface area contributed by atoms with Crippen LogP contribution < -0.4 is 4.74 Å². The first kappa shape index (κ1) is 30.2. The van der Waals surface area contributed by atoms with Gasteiger partial charge in [0.2, 0.25) is 5.91 Å². The number of hydrogen-bond acceptors (Lipinski definition) is 5. The summed E-state index contributed by atoms with van der Waals surface area (Å²) in [4.78, 5) is 28.5. The largest absolute Gasteiger partial charge is 0.489 e. The van der Waals surface area contributed by atoms with Gasteiger partial charge in [-0.1, -0.05) is 41.9 Å². The number of carbonyl (C=O) groups is 2. The quantitative estimate of drug-likeness (QED) is 0.305. The monoisotopic (exact) mass is 651 g/mol. The average Bonchev–Trinajstić information content (AvgIpc) is 3.47. The van der Waals surface area contributed by atoms with Crippen LogP contribution in [-0.4, -0.2) is 42.9 Å². The Hall–Kier alpha value is -3.43. The maximum Gasteiger partial charge on any atom is 0.309 e. The van der Waals surface area contributed by atoms with Gasteiger partial charge in [0.05, 0.1) is 21.4 Å². The van der Waals surface area contributed by atoms with Gasteiger partial charge in [-0.2, -0.15) is 0 Å². The molecular formula is C35H35ClFNO6S. The number of likely N-dealkylation sites (tertiary alicyclic amines) is 1. The Labute approximate surface area is 267 Å². The van der Waals surface area contributed by atoms with Gasteiger partial charge >= 0.3 is 5.97 Å². The van der Waals surface area contributed by atoms with E-state index in [2.05, 4.69) is 0 Å². The Morgan fingerprint density at radius 3 is 2.29 bits per heavy atom. The molecule has 10 heteroatoms. The fourth-order valence-electron chi connectivity index (χ4n) is 8.60. The maximum absolute atomic E-state index is 14.8. The number of hydrogen-bond donors (Lipinski definition) is 1. The number of carboxylic acids is 1. The number of ether oxygens (including phenoxy) is 1. The molecule has 5 aliphatic rings. The summed E-state index contributed by atoms with van der Waals surface area (Å²) < 4.78 is 48.5. The van der Waals surface area contributed by atoms with Gasteiger partial charge in [-0.15, -0.1) is 0 Å². The molecule has 7 nitrogen and oxygen atoms in total. The third-order valence-electron chi connectivity index (χ3n) is 11.3. The summed E-state index contributed by atoms with van der Waals surface area (Å²) in [7, 11) is -3.97. The number of nitrogens with zero attached hydrogens (tertiary/aromatic N) is 1. The van der Waals surface area contributed by atoms with Gasteiger partial charge in [-0.3, -0.25) is 9.59 Å². The maximum atomic E-state index is 14.8. The highest BCUT2D eigenvalue weighted by molar-refractivity contribution is 7.92. The highest BCUT2D eigenvalue weighted by Crippen LogP contribution is 2.60. The number of aryl methyl sites for hydroxylation is 1. The summed E-state index contributed by atoms with van der Waals surface area (Å²) in [5.41, 5.74) is 0.362. The second-order valence-corrected chi connectivity index (χ2v) is 15.8. The predicted molar refractivity (Wildman–Crippen MR) is 166 cm³/mol. The van der Waals surface area contributed by atoms with Crippen LogP contribution in [0.4, 0.5) is 4.39 Å². The van der Waals surface area contributed by atoms with Crippen LogP contribution in [0.1, 0.15) is 68.1 Å². The van der Waals surface area contributed by atoms with Crippen molar-refractivity contribution in [3.05, 3.63) is 94.3 Å². The fraction of sp³-hybridized carbons (Fsp3) is 0.429. The number of benzene rings is 3. The third kappa shape index (κ3) is 4.52. The van der Waals surface area contributed by atoms with E-state index in [1.54, 1.807) is 48.5 Å². The zero-order valence-corrected chi connectivity index (χ0v) is 26.4. The second kappa shape index (κ2) is 10.8. The first-order chi connectivity index (χ1) is 21.5. The molecular weight excluding hydrogens is 617 g/mol. The molecule has 8 rings (SSSR count). The van der Waals surface area contributed by atoms with Gasteiger partial charge in [-0.05, 0) is 105 Å². The molecule has 1 amide bonds.